The highest BCUT2D eigenvalue weighted by Gasteiger charge is 2.10. The van der Waals surface area contributed by atoms with Gasteiger partial charge in [-0.05, 0) is 25.1 Å². The second-order valence-electron chi connectivity index (χ2n) is 3.62. The van der Waals surface area contributed by atoms with Crippen molar-refractivity contribution >= 4 is 15.9 Å². The first-order valence-corrected chi connectivity index (χ1v) is 5.80. The van der Waals surface area contributed by atoms with Crippen molar-refractivity contribution in [3.05, 3.63) is 28.2 Å². The lowest BCUT2D eigenvalue weighted by Crippen LogP contribution is -2.22. The molecule has 4 N–H and O–H groups in total. The Hall–Kier alpha value is -0.620. The van der Waals surface area contributed by atoms with Gasteiger partial charge in [0.2, 0.25) is 0 Å². The van der Waals surface area contributed by atoms with Crippen molar-refractivity contribution in [2.24, 2.45) is 5.73 Å². The number of aliphatic hydroxyl groups excluding tert-OH is 2. The number of hydrogen-bond acceptors (Lipinski definition) is 4. The number of rotatable bonds is 5. The van der Waals surface area contributed by atoms with E-state index in [1.165, 1.54) is 0 Å². The smallest absolute Gasteiger partial charge is 0.124 e. The summed E-state index contributed by atoms with van der Waals surface area (Å²) in [6, 6.07) is 5.35. The molecular weight excluding hydrogens is 274 g/mol. The molecule has 0 spiro atoms. The summed E-state index contributed by atoms with van der Waals surface area (Å²) in [6.45, 7) is 1.60. The summed E-state index contributed by atoms with van der Waals surface area (Å²) >= 11 is 3.36. The maximum Gasteiger partial charge on any atom is 0.124 e. The summed E-state index contributed by atoms with van der Waals surface area (Å²) in [5.41, 5.74) is 6.67. The largest absolute Gasteiger partial charge is 0.490 e. The molecule has 1 aromatic carbocycles. The molecule has 0 aliphatic carbocycles. The van der Waals surface area contributed by atoms with E-state index in [-0.39, 0.29) is 19.3 Å². The normalized spacial score (nSPS) is 14.6. The van der Waals surface area contributed by atoms with Gasteiger partial charge in [0, 0.05) is 16.1 Å². The molecule has 4 nitrogen and oxygen atoms in total. The maximum atomic E-state index is 9.19. The lowest BCUT2D eigenvalue weighted by Gasteiger charge is -2.16. The van der Waals surface area contributed by atoms with E-state index >= 15 is 0 Å². The van der Waals surface area contributed by atoms with Crippen molar-refractivity contribution < 1.29 is 14.9 Å². The van der Waals surface area contributed by atoms with Gasteiger partial charge < -0.3 is 20.7 Å². The van der Waals surface area contributed by atoms with Gasteiger partial charge in [-0.25, -0.2) is 0 Å². The fourth-order valence-electron chi connectivity index (χ4n) is 1.25. The minimum atomic E-state index is -0.871. The Kier molecular flexibility index (Phi) is 5.21. The van der Waals surface area contributed by atoms with Crippen LogP contribution in [-0.4, -0.2) is 29.5 Å². The van der Waals surface area contributed by atoms with Gasteiger partial charge in [0.1, 0.15) is 18.5 Å². The van der Waals surface area contributed by atoms with Crippen LogP contribution in [0.3, 0.4) is 0 Å². The number of aliphatic hydroxyl groups is 2. The van der Waals surface area contributed by atoms with E-state index in [2.05, 4.69) is 15.9 Å². The van der Waals surface area contributed by atoms with Crippen LogP contribution in [0, 0.1) is 0 Å². The van der Waals surface area contributed by atoms with E-state index in [9.17, 15) is 5.11 Å². The number of nitrogens with two attached hydrogens (primary N) is 1. The Morgan fingerprint density at radius 3 is 2.75 bits per heavy atom. The number of ether oxygens (including phenoxy) is 1. The van der Waals surface area contributed by atoms with Crippen LogP contribution in [0.2, 0.25) is 0 Å². The van der Waals surface area contributed by atoms with E-state index in [0.717, 1.165) is 10.0 Å². The molecule has 0 fully saturated rings. The third-order valence-corrected chi connectivity index (χ3v) is 2.60. The highest BCUT2D eigenvalue weighted by molar-refractivity contribution is 9.10. The summed E-state index contributed by atoms with van der Waals surface area (Å²) < 4.78 is 6.32. The molecule has 0 saturated carbocycles. The van der Waals surface area contributed by atoms with Crippen molar-refractivity contribution in [1.29, 1.82) is 0 Å². The van der Waals surface area contributed by atoms with E-state index < -0.39 is 6.10 Å². The Labute approximate surface area is 103 Å². The zero-order chi connectivity index (χ0) is 12.1. The molecule has 5 heteroatoms. The third kappa shape index (κ3) is 3.75. The maximum absolute atomic E-state index is 9.19. The molecule has 16 heavy (non-hydrogen) atoms. The quantitative estimate of drug-likeness (QED) is 0.761. The fraction of sp³-hybridized carbons (Fsp3) is 0.455. The molecule has 2 atom stereocenters. The zero-order valence-corrected chi connectivity index (χ0v) is 10.6. The SMILES string of the molecule is CC(N)c1cc(Br)ccc1OCC(O)CO. The molecule has 90 valence electrons. The molecule has 0 amide bonds. The van der Waals surface area contributed by atoms with Gasteiger partial charge in [0.15, 0.2) is 0 Å². The Morgan fingerprint density at radius 2 is 2.19 bits per heavy atom. The minimum absolute atomic E-state index is 0.0534. The van der Waals surface area contributed by atoms with Crippen molar-refractivity contribution in [1.82, 2.24) is 0 Å². The summed E-state index contributed by atoms with van der Waals surface area (Å²) in [4.78, 5) is 0. The molecule has 0 aromatic heterocycles. The van der Waals surface area contributed by atoms with Crippen LogP contribution in [0.15, 0.2) is 22.7 Å². The lowest BCUT2D eigenvalue weighted by atomic mass is 10.1. The van der Waals surface area contributed by atoms with Crippen LogP contribution in [-0.2, 0) is 0 Å². The second-order valence-corrected chi connectivity index (χ2v) is 4.53. The molecule has 0 radical (unpaired) electrons. The van der Waals surface area contributed by atoms with Crippen molar-refractivity contribution in [3.63, 3.8) is 0 Å². The van der Waals surface area contributed by atoms with Gasteiger partial charge in [-0.2, -0.15) is 0 Å². The van der Waals surface area contributed by atoms with Gasteiger partial charge >= 0.3 is 0 Å². The predicted octanol–water partition coefficient (Wildman–Crippen LogP) is 1.20. The van der Waals surface area contributed by atoms with Crippen LogP contribution in [0.25, 0.3) is 0 Å². The molecule has 0 bridgehead atoms. The first-order valence-electron chi connectivity index (χ1n) is 5.01. The summed E-state index contributed by atoms with van der Waals surface area (Å²) in [5, 5.41) is 17.9. The van der Waals surface area contributed by atoms with E-state index in [1.807, 2.05) is 19.1 Å². The molecule has 2 unspecified atom stereocenters. The van der Waals surface area contributed by atoms with Crippen LogP contribution in [0.4, 0.5) is 0 Å². The summed E-state index contributed by atoms with van der Waals surface area (Å²) in [6.07, 6.45) is -0.871. The topological polar surface area (TPSA) is 75.7 Å². The molecule has 0 heterocycles. The monoisotopic (exact) mass is 289 g/mol. The molecular formula is C11H16BrNO3. The van der Waals surface area contributed by atoms with E-state index in [1.54, 1.807) is 6.07 Å². The molecule has 1 rings (SSSR count). The highest BCUT2D eigenvalue weighted by atomic mass is 79.9. The fourth-order valence-corrected chi connectivity index (χ4v) is 1.62. The van der Waals surface area contributed by atoms with Crippen molar-refractivity contribution in [2.45, 2.75) is 19.1 Å². The average Bonchev–Trinajstić information content (AvgIpc) is 2.26. The average molecular weight is 290 g/mol. The summed E-state index contributed by atoms with van der Waals surface area (Å²) in [5.74, 6) is 0.630. The Morgan fingerprint density at radius 1 is 1.50 bits per heavy atom. The third-order valence-electron chi connectivity index (χ3n) is 2.10. The van der Waals surface area contributed by atoms with E-state index in [4.69, 9.17) is 15.6 Å². The first-order chi connectivity index (χ1) is 7.54. The Bertz CT molecular complexity index is 344. The van der Waals surface area contributed by atoms with Gasteiger partial charge in [-0.1, -0.05) is 15.9 Å². The first kappa shape index (κ1) is 13.4. The molecule has 0 saturated heterocycles. The van der Waals surface area contributed by atoms with Gasteiger partial charge in [-0.3, -0.25) is 0 Å². The van der Waals surface area contributed by atoms with Gasteiger partial charge in [0.05, 0.1) is 6.61 Å². The summed E-state index contributed by atoms with van der Waals surface area (Å²) in [7, 11) is 0. The number of benzene rings is 1. The molecule has 1 aromatic rings. The van der Waals surface area contributed by atoms with Gasteiger partial charge in [0.25, 0.3) is 0 Å². The zero-order valence-electron chi connectivity index (χ0n) is 9.06. The highest BCUT2D eigenvalue weighted by Crippen LogP contribution is 2.27. The van der Waals surface area contributed by atoms with Crippen molar-refractivity contribution in [2.75, 3.05) is 13.2 Å². The second kappa shape index (κ2) is 6.20. The Balaban J connectivity index is 2.78. The van der Waals surface area contributed by atoms with Crippen LogP contribution in [0.5, 0.6) is 5.75 Å². The minimum Gasteiger partial charge on any atom is -0.490 e. The molecule has 0 aliphatic heterocycles. The van der Waals surface area contributed by atoms with Crippen LogP contribution in [0.1, 0.15) is 18.5 Å². The lowest BCUT2D eigenvalue weighted by molar-refractivity contribution is 0.0532. The van der Waals surface area contributed by atoms with Crippen LogP contribution >= 0.6 is 15.9 Å². The predicted molar refractivity (Wildman–Crippen MR) is 65.3 cm³/mol. The van der Waals surface area contributed by atoms with Crippen molar-refractivity contribution in [3.8, 4) is 5.75 Å². The molecule has 0 aliphatic rings. The number of halogens is 1. The van der Waals surface area contributed by atoms with Crippen LogP contribution < -0.4 is 10.5 Å². The number of hydrogen-bond donors (Lipinski definition) is 3. The standard InChI is InChI=1S/C11H16BrNO3/c1-7(13)10-4-8(12)2-3-11(10)16-6-9(15)5-14/h2-4,7,9,14-15H,5-6,13H2,1H3. The van der Waals surface area contributed by atoms with Gasteiger partial charge in [-0.15, -0.1) is 0 Å². The van der Waals surface area contributed by atoms with E-state index in [0.29, 0.717) is 5.75 Å².